The van der Waals surface area contributed by atoms with Crippen LogP contribution in [0.25, 0.3) is 0 Å². The number of ether oxygens (including phenoxy) is 1. The lowest BCUT2D eigenvalue weighted by Gasteiger charge is -2.30. The minimum atomic E-state index is -0.835. The summed E-state index contributed by atoms with van der Waals surface area (Å²) in [6.07, 6.45) is 1.74. The highest BCUT2D eigenvalue weighted by Crippen LogP contribution is 2.31. The molecular formula is C24H28FN3O4. The summed E-state index contributed by atoms with van der Waals surface area (Å²) in [7, 11) is 1.46. The minimum absolute atomic E-state index is 0.0661. The number of carbonyl (C=O) groups excluding carboxylic acids is 3. The number of halogens is 1. The number of carbonyl (C=O) groups is 3. The van der Waals surface area contributed by atoms with E-state index in [9.17, 15) is 18.8 Å². The molecule has 3 rings (SSSR count). The standard InChI is InChI=1S/C24H28FN3O4/c1-32-18-8-7-17(19(25)14-18)15-24(12-10-22(30)28-24)11-9-21(29)27-20(23(26)31)13-16-5-3-2-4-6-16/h2-8,14,20H,9-13,15H2,1H3,(H2,26,31)(H,27,29)(H,28,30)/t20-,24+/m0/s1. The summed E-state index contributed by atoms with van der Waals surface area (Å²) in [5.41, 5.74) is 6.06. The second kappa shape index (κ2) is 10.3. The molecule has 0 saturated carbocycles. The van der Waals surface area contributed by atoms with Crippen molar-refractivity contribution in [2.45, 2.75) is 50.1 Å². The van der Waals surface area contributed by atoms with Crippen molar-refractivity contribution >= 4 is 17.7 Å². The number of rotatable bonds is 10. The Bertz CT molecular complexity index is 982. The average Bonchev–Trinajstić information content (AvgIpc) is 3.14. The molecule has 0 radical (unpaired) electrons. The van der Waals surface area contributed by atoms with Crippen molar-refractivity contribution < 1.29 is 23.5 Å². The van der Waals surface area contributed by atoms with Gasteiger partial charge in [0.1, 0.15) is 17.6 Å². The van der Waals surface area contributed by atoms with Crippen LogP contribution in [-0.4, -0.2) is 36.4 Å². The van der Waals surface area contributed by atoms with Crippen LogP contribution in [0.4, 0.5) is 4.39 Å². The topological polar surface area (TPSA) is 111 Å². The maximum absolute atomic E-state index is 14.5. The quantitative estimate of drug-likeness (QED) is 0.524. The summed E-state index contributed by atoms with van der Waals surface area (Å²) < 4.78 is 19.5. The van der Waals surface area contributed by atoms with Crippen LogP contribution < -0.4 is 21.1 Å². The van der Waals surface area contributed by atoms with Gasteiger partial charge in [0.15, 0.2) is 0 Å². The van der Waals surface area contributed by atoms with E-state index < -0.39 is 23.3 Å². The fourth-order valence-corrected chi connectivity index (χ4v) is 4.04. The van der Waals surface area contributed by atoms with Gasteiger partial charge in [-0.2, -0.15) is 0 Å². The molecule has 0 spiro atoms. The molecule has 0 aromatic heterocycles. The average molecular weight is 442 g/mol. The van der Waals surface area contributed by atoms with E-state index in [1.165, 1.54) is 13.2 Å². The van der Waals surface area contributed by atoms with E-state index in [0.29, 0.717) is 37.0 Å². The van der Waals surface area contributed by atoms with E-state index >= 15 is 0 Å². The molecule has 1 aliphatic heterocycles. The molecule has 2 aromatic carbocycles. The van der Waals surface area contributed by atoms with E-state index in [1.54, 1.807) is 12.1 Å². The van der Waals surface area contributed by atoms with E-state index in [-0.39, 0.29) is 24.7 Å². The number of nitrogens with one attached hydrogen (secondary N) is 2. The zero-order valence-electron chi connectivity index (χ0n) is 18.0. The summed E-state index contributed by atoms with van der Waals surface area (Å²) in [5.74, 6) is -1.11. The van der Waals surface area contributed by atoms with Gasteiger partial charge in [-0.1, -0.05) is 36.4 Å². The summed E-state index contributed by atoms with van der Waals surface area (Å²) in [4.78, 5) is 36.4. The second-order valence-corrected chi connectivity index (χ2v) is 8.17. The van der Waals surface area contributed by atoms with Crippen molar-refractivity contribution in [3.05, 3.63) is 65.5 Å². The summed E-state index contributed by atoms with van der Waals surface area (Å²) in [6, 6.07) is 13.0. The molecule has 2 aromatic rings. The molecule has 1 saturated heterocycles. The van der Waals surface area contributed by atoms with Gasteiger partial charge in [-0.15, -0.1) is 0 Å². The van der Waals surface area contributed by atoms with Crippen LogP contribution in [-0.2, 0) is 27.2 Å². The number of hydrogen-bond donors (Lipinski definition) is 3. The molecule has 1 aliphatic rings. The van der Waals surface area contributed by atoms with Gasteiger partial charge in [-0.05, 0) is 36.5 Å². The monoisotopic (exact) mass is 441 g/mol. The number of amides is 3. The third-order valence-electron chi connectivity index (χ3n) is 5.82. The maximum atomic E-state index is 14.5. The van der Waals surface area contributed by atoms with Crippen molar-refractivity contribution in [3.8, 4) is 5.75 Å². The molecule has 1 heterocycles. The smallest absolute Gasteiger partial charge is 0.240 e. The first kappa shape index (κ1) is 23.2. The van der Waals surface area contributed by atoms with Gasteiger partial charge in [0.2, 0.25) is 17.7 Å². The highest BCUT2D eigenvalue weighted by Gasteiger charge is 2.38. The van der Waals surface area contributed by atoms with Gasteiger partial charge in [0.25, 0.3) is 0 Å². The predicted octanol–water partition coefficient (Wildman–Crippen LogP) is 2.02. The number of hydrogen-bond acceptors (Lipinski definition) is 4. The van der Waals surface area contributed by atoms with Gasteiger partial charge >= 0.3 is 0 Å². The number of benzene rings is 2. The normalized spacial score (nSPS) is 18.6. The predicted molar refractivity (Wildman–Crippen MR) is 117 cm³/mol. The molecule has 8 heteroatoms. The molecule has 1 fully saturated rings. The summed E-state index contributed by atoms with van der Waals surface area (Å²) in [5, 5.41) is 5.63. The van der Waals surface area contributed by atoms with Crippen LogP contribution in [0.3, 0.4) is 0 Å². The van der Waals surface area contributed by atoms with Gasteiger partial charge < -0.3 is 21.1 Å². The van der Waals surface area contributed by atoms with Crippen molar-refractivity contribution in [3.63, 3.8) is 0 Å². The second-order valence-electron chi connectivity index (χ2n) is 8.17. The fourth-order valence-electron chi connectivity index (χ4n) is 4.04. The third-order valence-corrected chi connectivity index (χ3v) is 5.82. The lowest BCUT2D eigenvalue weighted by molar-refractivity contribution is -0.127. The Hall–Kier alpha value is -3.42. The molecular weight excluding hydrogens is 413 g/mol. The SMILES string of the molecule is COc1ccc(C[C@@]2(CCC(=O)N[C@@H](Cc3ccccc3)C(N)=O)CCC(=O)N2)c(F)c1. The van der Waals surface area contributed by atoms with Crippen LogP contribution in [0, 0.1) is 5.82 Å². The molecule has 2 atom stereocenters. The molecule has 4 N–H and O–H groups in total. The number of primary amides is 1. The largest absolute Gasteiger partial charge is 0.497 e. The van der Waals surface area contributed by atoms with Crippen LogP contribution in [0.2, 0.25) is 0 Å². The Balaban J connectivity index is 1.65. The van der Waals surface area contributed by atoms with Crippen LogP contribution in [0.15, 0.2) is 48.5 Å². The molecule has 32 heavy (non-hydrogen) atoms. The first-order chi connectivity index (χ1) is 15.3. The van der Waals surface area contributed by atoms with Crippen LogP contribution >= 0.6 is 0 Å². The van der Waals surface area contributed by atoms with Crippen LogP contribution in [0.5, 0.6) is 5.75 Å². The third kappa shape index (κ3) is 6.06. The lowest BCUT2D eigenvalue weighted by atomic mass is 9.84. The van der Waals surface area contributed by atoms with Gasteiger partial charge in [0.05, 0.1) is 7.11 Å². The molecule has 0 unspecified atom stereocenters. The maximum Gasteiger partial charge on any atom is 0.240 e. The Morgan fingerprint density at radius 1 is 1.25 bits per heavy atom. The van der Waals surface area contributed by atoms with Gasteiger partial charge in [-0.3, -0.25) is 14.4 Å². The summed E-state index contributed by atoms with van der Waals surface area (Å²) >= 11 is 0. The van der Waals surface area contributed by atoms with Crippen molar-refractivity contribution in [1.82, 2.24) is 10.6 Å². The van der Waals surface area contributed by atoms with Crippen LogP contribution in [0.1, 0.15) is 36.8 Å². The Kier molecular flexibility index (Phi) is 7.45. The first-order valence-corrected chi connectivity index (χ1v) is 10.6. The lowest BCUT2D eigenvalue weighted by Crippen LogP contribution is -2.48. The van der Waals surface area contributed by atoms with E-state index in [4.69, 9.17) is 10.5 Å². The van der Waals surface area contributed by atoms with Crippen molar-refractivity contribution in [2.24, 2.45) is 5.73 Å². The van der Waals surface area contributed by atoms with E-state index in [0.717, 1.165) is 5.56 Å². The number of methoxy groups -OCH3 is 1. The zero-order chi connectivity index (χ0) is 23.1. The van der Waals surface area contributed by atoms with E-state index in [2.05, 4.69) is 10.6 Å². The molecule has 0 aliphatic carbocycles. The van der Waals surface area contributed by atoms with Gasteiger partial charge in [-0.25, -0.2) is 4.39 Å². The van der Waals surface area contributed by atoms with Crippen molar-refractivity contribution in [2.75, 3.05) is 7.11 Å². The Labute approximate surface area is 186 Å². The Morgan fingerprint density at radius 3 is 2.59 bits per heavy atom. The van der Waals surface area contributed by atoms with Gasteiger partial charge in [0, 0.05) is 30.9 Å². The summed E-state index contributed by atoms with van der Waals surface area (Å²) in [6.45, 7) is 0. The number of nitrogens with two attached hydrogens (primary N) is 1. The highest BCUT2D eigenvalue weighted by atomic mass is 19.1. The Morgan fingerprint density at radius 2 is 2.00 bits per heavy atom. The minimum Gasteiger partial charge on any atom is -0.497 e. The zero-order valence-corrected chi connectivity index (χ0v) is 18.0. The highest BCUT2D eigenvalue weighted by molar-refractivity contribution is 5.87. The molecule has 3 amide bonds. The van der Waals surface area contributed by atoms with E-state index in [1.807, 2.05) is 30.3 Å². The van der Waals surface area contributed by atoms with Crippen molar-refractivity contribution in [1.29, 1.82) is 0 Å². The molecule has 170 valence electrons. The first-order valence-electron chi connectivity index (χ1n) is 10.6. The molecule has 7 nitrogen and oxygen atoms in total. The molecule has 0 bridgehead atoms. The fraction of sp³-hybridized carbons (Fsp3) is 0.375.